The van der Waals surface area contributed by atoms with Gasteiger partial charge in [0.2, 0.25) is 0 Å². The number of rotatable bonds is 4. The number of aromatic amines is 1. The summed E-state index contributed by atoms with van der Waals surface area (Å²) in [6.45, 7) is 1.81. The van der Waals surface area contributed by atoms with Crippen molar-refractivity contribution < 1.29 is 22.7 Å². The summed E-state index contributed by atoms with van der Waals surface area (Å²) >= 11 is 0. The molecule has 2 aromatic heterocycles. The lowest BCUT2D eigenvalue weighted by molar-refractivity contribution is -0.274. The van der Waals surface area contributed by atoms with Crippen molar-refractivity contribution in [1.82, 2.24) is 20.1 Å². The number of benzene rings is 1. The molecule has 2 N–H and O–H groups in total. The molecule has 0 aliphatic heterocycles. The van der Waals surface area contributed by atoms with Crippen molar-refractivity contribution in [1.29, 1.82) is 0 Å². The maximum Gasteiger partial charge on any atom is 0.573 e. The third-order valence-corrected chi connectivity index (χ3v) is 3.64. The second kappa shape index (κ2) is 6.15. The zero-order chi connectivity index (χ0) is 18.2. The first-order chi connectivity index (χ1) is 11.7. The molecule has 3 rings (SSSR count). The summed E-state index contributed by atoms with van der Waals surface area (Å²) in [6.07, 6.45) is -1.32. The van der Waals surface area contributed by atoms with E-state index in [1.807, 2.05) is 6.92 Å². The van der Waals surface area contributed by atoms with Crippen LogP contribution in [0, 0.1) is 0 Å². The number of ether oxygens (including phenoxy) is 1. The molecule has 3 aromatic rings. The van der Waals surface area contributed by atoms with E-state index in [2.05, 4.69) is 20.1 Å². The highest BCUT2D eigenvalue weighted by Gasteiger charge is 2.31. The summed E-state index contributed by atoms with van der Waals surface area (Å²) in [5.74, 6) is -0.708. The van der Waals surface area contributed by atoms with Gasteiger partial charge in [0.25, 0.3) is 5.91 Å². The molecule has 0 radical (unpaired) electrons. The van der Waals surface area contributed by atoms with Crippen molar-refractivity contribution in [3.8, 4) is 5.75 Å². The van der Waals surface area contributed by atoms with Crippen molar-refractivity contribution in [3.05, 3.63) is 47.9 Å². The fourth-order valence-electron chi connectivity index (χ4n) is 2.45. The summed E-state index contributed by atoms with van der Waals surface area (Å²) in [6, 6.07) is 5.05. The molecule has 1 unspecified atom stereocenters. The van der Waals surface area contributed by atoms with Gasteiger partial charge >= 0.3 is 6.36 Å². The second-order valence-electron chi connectivity index (χ2n) is 5.62. The Morgan fingerprint density at radius 2 is 2.12 bits per heavy atom. The molecule has 132 valence electrons. The van der Waals surface area contributed by atoms with Crippen molar-refractivity contribution in [2.45, 2.75) is 19.3 Å². The first-order valence-corrected chi connectivity index (χ1v) is 7.39. The number of amides is 1. The van der Waals surface area contributed by atoms with Crippen LogP contribution in [0.15, 0.2) is 36.7 Å². The van der Waals surface area contributed by atoms with Crippen molar-refractivity contribution in [2.24, 2.45) is 7.05 Å². The maximum absolute atomic E-state index is 12.3. The molecule has 0 aliphatic rings. The van der Waals surface area contributed by atoms with Crippen LogP contribution in [0.4, 0.5) is 13.2 Å². The van der Waals surface area contributed by atoms with E-state index in [0.29, 0.717) is 10.9 Å². The zero-order valence-electron chi connectivity index (χ0n) is 13.4. The molecule has 1 amide bonds. The molecule has 9 heteroatoms. The van der Waals surface area contributed by atoms with Crippen molar-refractivity contribution in [2.75, 3.05) is 0 Å². The lowest BCUT2D eigenvalue weighted by Gasteiger charge is -2.10. The molecule has 0 saturated carbocycles. The number of fused-ring (bicyclic) bond motifs is 1. The average molecular weight is 352 g/mol. The maximum atomic E-state index is 12.3. The summed E-state index contributed by atoms with van der Waals surface area (Å²) in [4.78, 5) is 15.2. The van der Waals surface area contributed by atoms with Gasteiger partial charge in [0, 0.05) is 29.7 Å². The number of H-pyrrole nitrogens is 1. The van der Waals surface area contributed by atoms with Crippen molar-refractivity contribution >= 4 is 16.8 Å². The minimum atomic E-state index is -4.76. The van der Waals surface area contributed by atoms with Crippen molar-refractivity contribution in [3.63, 3.8) is 0 Å². The van der Waals surface area contributed by atoms with E-state index in [1.54, 1.807) is 24.1 Å². The number of carbonyl (C=O) groups excluding carboxylic acids is 1. The number of halogens is 3. The van der Waals surface area contributed by atoms with E-state index in [4.69, 9.17) is 0 Å². The van der Waals surface area contributed by atoms with Gasteiger partial charge in [0.15, 0.2) is 0 Å². The molecule has 0 saturated heterocycles. The molecule has 0 bridgehead atoms. The molecule has 25 heavy (non-hydrogen) atoms. The molecule has 6 nitrogen and oxygen atoms in total. The standard InChI is InChI=1S/C16H15F3N4O2/c1-9(11-7-20-23(2)8-11)21-15(24)14-6-10-5-12(25-16(17,18)19)3-4-13(10)22-14/h3-9,22H,1-2H3,(H,21,24). The van der Waals surface area contributed by atoms with Gasteiger partial charge in [-0.3, -0.25) is 9.48 Å². The molecular formula is C16H15F3N4O2. The minimum Gasteiger partial charge on any atom is -0.406 e. The molecule has 0 aliphatic carbocycles. The highest BCUT2D eigenvalue weighted by atomic mass is 19.4. The Morgan fingerprint density at radius 3 is 2.76 bits per heavy atom. The smallest absolute Gasteiger partial charge is 0.406 e. The Balaban J connectivity index is 1.77. The van der Waals surface area contributed by atoms with Crippen LogP contribution >= 0.6 is 0 Å². The molecule has 0 fully saturated rings. The fraction of sp³-hybridized carbons (Fsp3) is 0.250. The highest BCUT2D eigenvalue weighted by molar-refractivity contribution is 5.98. The van der Waals surface area contributed by atoms with Gasteiger partial charge in [-0.2, -0.15) is 5.10 Å². The molecular weight excluding hydrogens is 337 g/mol. The first kappa shape index (κ1) is 16.9. The van der Waals surface area contributed by atoms with Gasteiger partial charge in [-0.15, -0.1) is 13.2 Å². The largest absolute Gasteiger partial charge is 0.573 e. The van der Waals surface area contributed by atoms with Crippen LogP contribution < -0.4 is 10.1 Å². The van der Waals surface area contributed by atoms with E-state index in [1.165, 1.54) is 24.3 Å². The van der Waals surface area contributed by atoms with E-state index in [9.17, 15) is 18.0 Å². The van der Waals surface area contributed by atoms with Gasteiger partial charge in [-0.05, 0) is 31.2 Å². The van der Waals surface area contributed by atoms with Gasteiger partial charge < -0.3 is 15.0 Å². The lowest BCUT2D eigenvalue weighted by Crippen LogP contribution is -2.26. The number of carbonyl (C=O) groups is 1. The van der Waals surface area contributed by atoms with Crippen LogP contribution in [-0.2, 0) is 7.05 Å². The Morgan fingerprint density at radius 1 is 1.36 bits per heavy atom. The monoisotopic (exact) mass is 352 g/mol. The fourth-order valence-corrected chi connectivity index (χ4v) is 2.45. The third kappa shape index (κ3) is 3.93. The predicted octanol–water partition coefficient (Wildman–Crippen LogP) is 3.29. The molecule has 1 aromatic carbocycles. The van der Waals surface area contributed by atoms with Crippen LogP contribution in [0.1, 0.15) is 29.0 Å². The van der Waals surface area contributed by atoms with Crippen LogP contribution in [0.25, 0.3) is 10.9 Å². The summed E-state index contributed by atoms with van der Waals surface area (Å²) in [5.41, 5.74) is 1.62. The summed E-state index contributed by atoms with van der Waals surface area (Å²) in [5, 5.41) is 7.29. The van der Waals surface area contributed by atoms with Gasteiger partial charge in [-0.1, -0.05) is 0 Å². The lowest BCUT2D eigenvalue weighted by atomic mass is 10.2. The summed E-state index contributed by atoms with van der Waals surface area (Å²) < 4.78 is 42.3. The molecule has 0 spiro atoms. The Hall–Kier alpha value is -2.97. The van der Waals surface area contributed by atoms with Gasteiger partial charge in [-0.25, -0.2) is 0 Å². The zero-order valence-corrected chi connectivity index (χ0v) is 13.4. The Labute approximate surface area is 140 Å². The molecule has 2 heterocycles. The van der Waals surface area contributed by atoms with Gasteiger partial charge in [0.1, 0.15) is 11.4 Å². The summed E-state index contributed by atoms with van der Waals surface area (Å²) in [7, 11) is 1.77. The Bertz CT molecular complexity index is 914. The van der Waals surface area contributed by atoms with Crippen LogP contribution in [0.5, 0.6) is 5.75 Å². The number of alkyl halides is 3. The van der Waals surface area contributed by atoms with Crippen LogP contribution in [0.3, 0.4) is 0 Å². The quantitative estimate of drug-likeness (QED) is 0.757. The molecule has 1 atom stereocenters. The van der Waals surface area contributed by atoms with E-state index < -0.39 is 6.36 Å². The average Bonchev–Trinajstić information content (AvgIpc) is 3.11. The normalized spacial score (nSPS) is 13.0. The van der Waals surface area contributed by atoms with Crippen LogP contribution in [0.2, 0.25) is 0 Å². The van der Waals surface area contributed by atoms with E-state index >= 15 is 0 Å². The number of aryl methyl sites for hydroxylation is 1. The van der Waals surface area contributed by atoms with Crippen LogP contribution in [-0.4, -0.2) is 27.0 Å². The van der Waals surface area contributed by atoms with Gasteiger partial charge in [0.05, 0.1) is 12.2 Å². The Kier molecular flexibility index (Phi) is 4.15. The minimum absolute atomic E-state index is 0.245. The number of hydrogen-bond acceptors (Lipinski definition) is 3. The second-order valence-corrected chi connectivity index (χ2v) is 5.62. The number of aromatic nitrogens is 3. The third-order valence-electron chi connectivity index (χ3n) is 3.64. The topological polar surface area (TPSA) is 71.9 Å². The first-order valence-electron chi connectivity index (χ1n) is 7.39. The van der Waals surface area contributed by atoms with E-state index in [-0.39, 0.29) is 23.4 Å². The number of nitrogens with zero attached hydrogens (tertiary/aromatic N) is 2. The number of nitrogens with one attached hydrogen (secondary N) is 2. The van der Waals surface area contributed by atoms with E-state index in [0.717, 1.165) is 5.56 Å². The SMILES string of the molecule is CC(NC(=O)c1cc2cc(OC(F)(F)F)ccc2[nH]1)c1cnn(C)c1. The number of hydrogen-bond donors (Lipinski definition) is 2. The predicted molar refractivity (Wildman–Crippen MR) is 84.1 cm³/mol. The highest BCUT2D eigenvalue weighted by Crippen LogP contribution is 2.27.